The first-order chi connectivity index (χ1) is 3.81. The summed E-state index contributed by atoms with van der Waals surface area (Å²) in [7, 11) is 0. The van der Waals surface area contributed by atoms with Crippen molar-refractivity contribution in [1.82, 2.24) is 0 Å². The molecular weight excluding hydrogens is 124 g/mol. The van der Waals surface area contributed by atoms with E-state index >= 15 is 0 Å². The molecule has 0 fully saturated rings. The summed E-state index contributed by atoms with van der Waals surface area (Å²) in [5.41, 5.74) is -1.53. The molecule has 0 saturated heterocycles. The molecule has 3 N–H and O–H groups in total. The van der Waals surface area contributed by atoms with E-state index in [1.807, 2.05) is 0 Å². The molecule has 0 rings (SSSR count). The monoisotopic (exact) mass is 134 g/mol. The van der Waals surface area contributed by atoms with Crippen molar-refractivity contribution in [3.8, 4) is 0 Å². The van der Waals surface area contributed by atoms with Gasteiger partial charge in [0, 0.05) is 0 Å². The zero-order chi connectivity index (χ0) is 7.71. The summed E-state index contributed by atoms with van der Waals surface area (Å²) < 4.78 is 0. The van der Waals surface area contributed by atoms with Crippen molar-refractivity contribution in [2.45, 2.75) is 19.8 Å². The van der Waals surface area contributed by atoms with Crippen LogP contribution in [0.15, 0.2) is 0 Å². The quantitative estimate of drug-likeness (QED) is 0.329. The minimum atomic E-state index is -2.92. The fraction of sp³-hybridized carbons (Fsp3) is 0.800. The molecule has 4 nitrogen and oxygen atoms in total. The molecule has 0 aliphatic carbocycles. The Kier molecular flexibility index (Phi) is 1.95. The van der Waals surface area contributed by atoms with E-state index in [-0.39, 0.29) is 6.29 Å². The number of rotatable bonds is 2. The van der Waals surface area contributed by atoms with Crippen molar-refractivity contribution in [2.24, 2.45) is 5.41 Å². The second-order valence-corrected chi connectivity index (χ2v) is 2.47. The average Bonchev–Trinajstić information content (AvgIpc) is 1.64. The van der Waals surface area contributed by atoms with Crippen molar-refractivity contribution < 1.29 is 20.1 Å². The van der Waals surface area contributed by atoms with Crippen LogP contribution in [0.5, 0.6) is 0 Å². The van der Waals surface area contributed by atoms with Gasteiger partial charge in [0.1, 0.15) is 11.7 Å². The van der Waals surface area contributed by atoms with Gasteiger partial charge in [0.25, 0.3) is 5.97 Å². The molecule has 9 heavy (non-hydrogen) atoms. The lowest BCUT2D eigenvalue weighted by atomic mass is 9.93. The molecule has 0 spiro atoms. The van der Waals surface area contributed by atoms with Crippen molar-refractivity contribution >= 4 is 6.29 Å². The van der Waals surface area contributed by atoms with Gasteiger partial charge < -0.3 is 20.1 Å². The van der Waals surface area contributed by atoms with Crippen molar-refractivity contribution in [3.05, 3.63) is 0 Å². The van der Waals surface area contributed by atoms with Gasteiger partial charge in [-0.2, -0.15) is 0 Å². The summed E-state index contributed by atoms with van der Waals surface area (Å²) in [6, 6.07) is 0. The summed E-state index contributed by atoms with van der Waals surface area (Å²) in [5.74, 6) is -2.92. The number of aliphatic hydroxyl groups is 3. The molecule has 0 radical (unpaired) electrons. The van der Waals surface area contributed by atoms with Gasteiger partial charge in [-0.25, -0.2) is 0 Å². The third-order valence-electron chi connectivity index (χ3n) is 1.16. The minimum absolute atomic E-state index is 0.271. The lowest BCUT2D eigenvalue weighted by Crippen LogP contribution is -2.45. The number of carbonyl (C=O) groups excluding carboxylic acids is 1. The first-order valence-corrected chi connectivity index (χ1v) is 2.45. The molecule has 0 atom stereocenters. The highest BCUT2D eigenvalue weighted by atomic mass is 16.7. The van der Waals surface area contributed by atoms with Crippen molar-refractivity contribution in [3.63, 3.8) is 0 Å². The summed E-state index contributed by atoms with van der Waals surface area (Å²) in [6.45, 7) is 2.42. The Morgan fingerprint density at radius 1 is 1.22 bits per heavy atom. The Bertz CT molecular complexity index is 111. The smallest absolute Gasteiger partial charge is 0.287 e. The predicted molar refractivity (Wildman–Crippen MR) is 29.2 cm³/mol. The molecule has 0 aliphatic heterocycles. The van der Waals surface area contributed by atoms with Crippen molar-refractivity contribution in [1.29, 1.82) is 0 Å². The normalized spacial score (nSPS) is 13.4. The fourth-order valence-corrected chi connectivity index (χ4v) is 0.0791. The molecule has 4 heteroatoms. The topological polar surface area (TPSA) is 77.8 Å². The largest absolute Gasteiger partial charge is 0.343 e. The molecule has 0 saturated carbocycles. The standard InChI is InChI=1S/C5H10O4/c1-4(2,3-6)5(7,8)9/h3,7-9H,1-2H3. The second kappa shape index (κ2) is 2.06. The van der Waals surface area contributed by atoms with Crippen LogP contribution in [-0.4, -0.2) is 27.6 Å². The number of aldehydes is 1. The van der Waals surface area contributed by atoms with Crippen LogP contribution in [0.2, 0.25) is 0 Å². The van der Waals surface area contributed by atoms with Gasteiger partial charge in [-0.3, -0.25) is 0 Å². The minimum Gasteiger partial charge on any atom is -0.343 e. The molecule has 0 unspecified atom stereocenters. The van der Waals surface area contributed by atoms with E-state index < -0.39 is 11.4 Å². The van der Waals surface area contributed by atoms with Gasteiger partial charge in [-0.1, -0.05) is 0 Å². The van der Waals surface area contributed by atoms with E-state index in [4.69, 9.17) is 15.3 Å². The number of hydrogen-bond donors (Lipinski definition) is 3. The van der Waals surface area contributed by atoms with Gasteiger partial charge in [-0.05, 0) is 13.8 Å². The summed E-state index contributed by atoms with van der Waals surface area (Å²) in [6.07, 6.45) is 0.271. The predicted octanol–water partition coefficient (Wildman–Crippen LogP) is -1.16. The van der Waals surface area contributed by atoms with Crippen LogP contribution in [0.4, 0.5) is 0 Å². The second-order valence-electron chi connectivity index (χ2n) is 2.47. The number of hydrogen-bond acceptors (Lipinski definition) is 4. The zero-order valence-electron chi connectivity index (χ0n) is 5.33. The highest BCUT2D eigenvalue weighted by molar-refractivity contribution is 5.59. The van der Waals surface area contributed by atoms with Gasteiger partial charge in [0.15, 0.2) is 0 Å². The Balaban J connectivity index is 4.32. The molecule has 0 aromatic carbocycles. The highest BCUT2D eigenvalue weighted by Crippen LogP contribution is 2.22. The summed E-state index contributed by atoms with van der Waals surface area (Å²) >= 11 is 0. The van der Waals surface area contributed by atoms with Crippen LogP contribution < -0.4 is 0 Å². The van der Waals surface area contributed by atoms with E-state index in [2.05, 4.69) is 0 Å². The highest BCUT2D eigenvalue weighted by Gasteiger charge is 2.40. The summed E-state index contributed by atoms with van der Waals surface area (Å²) in [4.78, 5) is 9.99. The maximum absolute atomic E-state index is 9.99. The van der Waals surface area contributed by atoms with Crippen LogP contribution in [0.3, 0.4) is 0 Å². The molecule has 0 aromatic rings. The van der Waals surface area contributed by atoms with E-state index in [1.165, 1.54) is 13.8 Å². The SMILES string of the molecule is CC(C)(C=O)C(O)(O)O. The van der Waals surface area contributed by atoms with Crippen LogP contribution in [0.25, 0.3) is 0 Å². The number of carbonyl (C=O) groups is 1. The van der Waals surface area contributed by atoms with Crippen LogP contribution in [0.1, 0.15) is 13.8 Å². The van der Waals surface area contributed by atoms with E-state index in [1.54, 1.807) is 0 Å². The molecule has 0 bridgehead atoms. The third-order valence-corrected chi connectivity index (χ3v) is 1.16. The van der Waals surface area contributed by atoms with Gasteiger partial charge >= 0.3 is 0 Å². The first-order valence-electron chi connectivity index (χ1n) is 2.45. The molecule has 0 heterocycles. The van der Waals surface area contributed by atoms with Gasteiger partial charge in [-0.15, -0.1) is 0 Å². The lowest BCUT2D eigenvalue weighted by molar-refractivity contribution is -0.354. The third kappa shape index (κ3) is 1.74. The summed E-state index contributed by atoms with van der Waals surface area (Å²) in [5, 5.41) is 25.3. The van der Waals surface area contributed by atoms with E-state index in [9.17, 15) is 4.79 Å². The molecule has 54 valence electrons. The molecular formula is C5H10O4. The van der Waals surface area contributed by atoms with Crippen molar-refractivity contribution in [2.75, 3.05) is 0 Å². The van der Waals surface area contributed by atoms with Crippen LogP contribution in [0, 0.1) is 5.41 Å². The molecule has 0 amide bonds. The zero-order valence-corrected chi connectivity index (χ0v) is 5.33. The Labute approximate surface area is 52.7 Å². The Morgan fingerprint density at radius 3 is 1.56 bits per heavy atom. The molecule has 0 aromatic heterocycles. The van der Waals surface area contributed by atoms with Gasteiger partial charge in [0.2, 0.25) is 0 Å². The van der Waals surface area contributed by atoms with E-state index in [0.717, 1.165) is 0 Å². The van der Waals surface area contributed by atoms with Crippen LogP contribution >= 0.6 is 0 Å². The van der Waals surface area contributed by atoms with Gasteiger partial charge in [0.05, 0.1) is 0 Å². The Hall–Kier alpha value is -0.450. The Morgan fingerprint density at radius 2 is 1.56 bits per heavy atom. The average molecular weight is 134 g/mol. The maximum atomic E-state index is 9.99. The van der Waals surface area contributed by atoms with Crippen LogP contribution in [-0.2, 0) is 4.79 Å². The maximum Gasteiger partial charge on any atom is 0.287 e. The lowest BCUT2D eigenvalue weighted by Gasteiger charge is -2.27. The molecule has 0 aliphatic rings. The first kappa shape index (κ1) is 8.55. The van der Waals surface area contributed by atoms with E-state index in [0.29, 0.717) is 0 Å². The fourth-order valence-electron chi connectivity index (χ4n) is 0.0791.